The van der Waals surface area contributed by atoms with Crippen molar-refractivity contribution in [3.05, 3.63) is 36.2 Å². The molecule has 1 aliphatic carbocycles. The minimum absolute atomic E-state index is 0.00487. The van der Waals surface area contributed by atoms with Gasteiger partial charge in [-0.3, -0.25) is 0 Å². The Morgan fingerprint density at radius 3 is 2.72 bits per heavy atom. The van der Waals surface area contributed by atoms with Crippen molar-refractivity contribution in [1.82, 2.24) is 35.4 Å². The Morgan fingerprint density at radius 2 is 2.06 bits per heavy atom. The third-order valence-electron chi connectivity index (χ3n) is 6.10. The molecule has 2 heterocycles. The van der Waals surface area contributed by atoms with Crippen molar-refractivity contribution in [1.29, 1.82) is 0 Å². The first-order valence-corrected chi connectivity index (χ1v) is 11.4. The topological polar surface area (TPSA) is 105 Å². The van der Waals surface area contributed by atoms with Crippen LogP contribution >= 0.6 is 0 Å². The molecule has 36 heavy (non-hydrogen) atoms. The predicted molar refractivity (Wildman–Crippen MR) is 119 cm³/mol. The number of nitrogens with one attached hydrogen (secondary N) is 2. The molecule has 10 nitrogen and oxygen atoms in total. The lowest BCUT2D eigenvalue weighted by Crippen LogP contribution is -2.65. The highest BCUT2D eigenvalue weighted by molar-refractivity contribution is 5.77. The molecule has 0 bridgehead atoms. The summed E-state index contributed by atoms with van der Waals surface area (Å²) < 4.78 is 57.3. The van der Waals surface area contributed by atoms with Gasteiger partial charge in [-0.15, -0.1) is 18.3 Å². The minimum Gasteiger partial charge on any atom is -0.406 e. The van der Waals surface area contributed by atoms with Crippen LogP contribution in [0.25, 0.3) is 5.69 Å². The third-order valence-corrected chi connectivity index (χ3v) is 6.10. The van der Waals surface area contributed by atoms with E-state index in [2.05, 4.69) is 25.7 Å². The SMILES string of the molecule is CNC(=O)N1C[C@@H](F)C[C@@](C)(N(C(=O)NCc2cn(-c3cccc(OC(F)(F)F)c3)nn2)C2CC2)C1. The first-order chi connectivity index (χ1) is 17.0. The number of piperidine rings is 1. The Kier molecular flexibility index (Phi) is 6.96. The Labute approximate surface area is 204 Å². The second kappa shape index (κ2) is 9.82. The zero-order valence-corrected chi connectivity index (χ0v) is 19.8. The fourth-order valence-electron chi connectivity index (χ4n) is 4.57. The molecule has 196 valence electrons. The Morgan fingerprint density at radius 1 is 1.31 bits per heavy atom. The summed E-state index contributed by atoms with van der Waals surface area (Å²) in [6.45, 7) is 1.94. The fourth-order valence-corrected chi connectivity index (χ4v) is 4.57. The van der Waals surface area contributed by atoms with Crippen LogP contribution in [0.15, 0.2) is 30.5 Å². The molecule has 1 aliphatic heterocycles. The van der Waals surface area contributed by atoms with E-state index in [1.54, 1.807) is 11.8 Å². The summed E-state index contributed by atoms with van der Waals surface area (Å²) in [6.07, 6.45) is -2.94. The van der Waals surface area contributed by atoms with E-state index in [9.17, 15) is 27.2 Å². The molecule has 14 heteroatoms. The Bertz CT molecular complexity index is 1110. The van der Waals surface area contributed by atoms with Crippen LogP contribution < -0.4 is 15.4 Å². The maximum absolute atomic E-state index is 14.6. The summed E-state index contributed by atoms with van der Waals surface area (Å²) in [4.78, 5) is 28.3. The molecule has 1 saturated heterocycles. The number of likely N-dealkylation sites (tertiary alicyclic amines) is 1. The lowest BCUT2D eigenvalue weighted by atomic mass is 9.88. The molecule has 1 aromatic carbocycles. The highest BCUT2D eigenvalue weighted by Crippen LogP contribution is 2.38. The molecule has 2 N–H and O–H groups in total. The standard InChI is InChI=1S/C22H27F4N7O3/c1-21(9-14(23)11-31(13-21)19(34)27-2)33(16-6-7-16)20(35)28-10-15-12-32(30-29-15)17-4-3-5-18(8-17)36-22(24,25)26/h3-5,8,12,14,16H,6-7,9-11,13H2,1-2H3,(H,27,34)(H,28,35)/t14-,21+/m0/s1. The molecule has 2 aromatic rings. The number of carbonyl (C=O) groups is 2. The average Bonchev–Trinajstić information content (AvgIpc) is 3.50. The lowest BCUT2D eigenvalue weighted by Gasteiger charge is -2.48. The van der Waals surface area contributed by atoms with Crippen molar-refractivity contribution < 1.29 is 31.9 Å². The predicted octanol–water partition coefficient (Wildman–Crippen LogP) is 2.98. The van der Waals surface area contributed by atoms with Crippen LogP contribution in [0.2, 0.25) is 0 Å². The first kappa shape index (κ1) is 25.5. The number of hydrogen-bond donors (Lipinski definition) is 2. The molecule has 0 unspecified atom stereocenters. The molecular formula is C22H27F4N7O3. The lowest BCUT2D eigenvalue weighted by molar-refractivity contribution is -0.274. The van der Waals surface area contributed by atoms with Gasteiger partial charge < -0.3 is 25.2 Å². The molecule has 2 fully saturated rings. The number of hydrogen-bond acceptors (Lipinski definition) is 5. The smallest absolute Gasteiger partial charge is 0.406 e. The van der Waals surface area contributed by atoms with Crippen molar-refractivity contribution in [3.8, 4) is 11.4 Å². The van der Waals surface area contributed by atoms with Crippen LogP contribution in [0, 0.1) is 0 Å². The van der Waals surface area contributed by atoms with Gasteiger partial charge in [0.15, 0.2) is 0 Å². The van der Waals surface area contributed by atoms with Crippen LogP contribution in [0.1, 0.15) is 31.9 Å². The van der Waals surface area contributed by atoms with Crippen LogP contribution in [0.4, 0.5) is 27.2 Å². The van der Waals surface area contributed by atoms with Gasteiger partial charge in [0.1, 0.15) is 17.6 Å². The summed E-state index contributed by atoms with van der Waals surface area (Å²) in [6, 6.07) is 4.37. The molecule has 4 amide bonds. The van der Waals surface area contributed by atoms with Gasteiger partial charge in [0.2, 0.25) is 0 Å². The van der Waals surface area contributed by atoms with Gasteiger partial charge >= 0.3 is 18.4 Å². The number of rotatable bonds is 6. The number of benzene rings is 1. The van der Waals surface area contributed by atoms with Crippen LogP contribution in [-0.4, -0.2) is 81.1 Å². The van der Waals surface area contributed by atoms with E-state index in [1.807, 2.05) is 0 Å². The average molecular weight is 513 g/mol. The number of alkyl halides is 4. The van der Waals surface area contributed by atoms with Gasteiger partial charge in [-0.25, -0.2) is 18.7 Å². The Hall–Kier alpha value is -3.58. The molecule has 1 saturated carbocycles. The van der Waals surface area contributed by atoms with E-state index >= 15 is 0 Å². The minimum atomic E-state index is -4.82. The number of halogens is 4. The van der Waals surface area contributed by atoms with Crippen molar-refractivity contribution >= 4 is 12.1 Å². The molecule has 0 spiro atoms. The molecule has 1 aromatic heterocycles. The largest absolute Gasteiger partial charge is 0.573 e. The van der Waals surface area contributed by atoms with E-state index in [-0.39, 0.29) is 32.1 Å². The normalized spacial score (nSPS) is 22.2. The molecular weight excluding hydrogens is 486 g/mol. The van der Waals surface area contributed by atoms with Gasteiger partial charge in [-0.2, -0.15) is 0 Å². The van der Waals surface area contributed by atoms with Gasteiger partial charge in [0.05, 0.1) is 30.5 Å². The monoisotopic (exact) mass is 513 g/mol. The maximum Gasteiger partial charge on any atom is 0.573 e. The number of carbonyl (C=O) groups excluding carboxylic acids is 2. The fraction of sp³-hybridized carbons (Fsp3) is 0.545. The summed E-state index contributed by atoms with van der Waals surface area (Å²) in [5, 5.41) is 13.2. The highest BCUT2D eigenvalue weighted by atomic mass is 19.4. The molecule has 2 atom stereocenters. The van der Waals surface area contributed by atoms with Gasteiger partial charge in [0.25, 0.3) is 0 Å². The van der Waals surface area contributed by atoms with Crippen molar-refractivity contribution in [2.45, 2.75) is 56.8 Å². The van der Waals surface area contributed by atoms with Gasteiger partial charge in [-0.1, -0.05) is 11.3 Å². The van der Waals surface area contributed by atoms with E-state index < -0.39 is 35.9 Å². The zero-order valence-electron chi connectivity index (χ0n) is 19.8. The highest BCUT2D eigenvalue weighted by Gasteiger charge is 2.49. The quantitative estimate of drug-likeness (QED) is 0.578. The summed E-state index contributed by atoms with van der Waals surface area (Å²) in [5.74, 6) is -0.400. The summed E-state index contributed by atoms with van der Waals surface area (Å²) >= 11 is 0. The Balaban J connectivity index is 1.43. The number of ether oxygens (including phenoxy) is 1. The van der Waals surface area contributed by atoms with Gasteiger partial charge in [-0.05, 0) is 31.9 Å². The number of aromatic nitrogens is 3. The second-order valence-corrected chi connectivity index (χ2v) is 9.19. The molecule has 4 rings (SSSR count). The summed E-state index contributed by atoms with van der Waals surface area (Å²) in [7, 11) is 1.47. The van der Waals surface area contributed by atoms with E-state index in [0.29, 0.717) is 11.4 Å². The number of urea groups is 2. The molecule has 0 radical (unpaired) electrons. The van der Waals surface area contributed by atoms with E-state index in [4.69, 9.17) is 0 Å². The van der Waals surface area contributed by atoms with Crippen LogP contribution in [0.3, 0.4) is 0 Å². The first-order valence-electron chi connectivity index (χ1n) is 11.4. The van der Waals surface area contributed by atoms with Crippen LogP contribution in [0.5, 0.6) is 5.75 Å². The van der Waals surface area contributed by atoms with Crippen LogP contribution in [-0.2, 0) is 6.54 Å². The van der Waals surface area contributed by atoms with E-state index in [0.717, 1.165) is 18.9 Å². The number of nitrogens with zero attached hydrogens (tertiary/aromatic N) is 5. The zero-order chi connectivity index (χ0) is 26.1. The maximum atomic E-state index is 14.6. The van der Waals surface area contributed by atoms with Crippen molar-refractivity contribution in [3.63, 3.8) is 0 Å². The van der Waals surface area contributed by atoms with Gasteiger partial charge in [0, 0.05) is 32.1 Å². The van der Waals surface area contributed by atoms with E-state index in [1.165, 1.54) is 41.0 Å². The third kappa shape index (κ3) is 5.97. The summed E-state index contributed by atoms with van der Waals surface area (Å²) in [5.41, 5.74) is -0.240. The molecule has 2 aliphatic rings. The van der Waals surface area contributed by atoms with Crippen molar-refractivity contribution in [2.75, 3.05) is 20.1 Å². The number of amides is 4. The van der Waals surface area contributed by atoms with Crippen molar-refractivity contribution in [2.24, 2.45) is 0 Å². The second-order valence-electron chi connectivity index (χ2n) is 9.19.